The van der Waals surface area contributed by atoms with Crippen molar-refractivity contribution >= 4 is 17.9 Å². The minimum Gasteiger partial charge on any atom is -0.453 e. The Hall–Kier alpha value is -5.23. The van der Waals surface area contributed by atoms with Crippen molar-refractivity contribution in [1.29, 1.82) is 0 Å². The molecule has 0 bridgehead atoms. The van der Waals surface area contributed by atoms with Gasteiger partial charge < -0.3 is 34.7 Å². The molecule has 3 atom stereocenters. The SMILES string of the molecule is C=C1CCN(C(=O)CN(C)C)[C@@H]1c1ncc(-c2ccc(-c3ccc4c(c3)CCCc3[nH]c([C@@H]5CCCN5C(=O)[C@@H](NC(=O)OC)C(C)C)nc3-4)cc2)[nH]1. The number of nitrogens with zero attached hydrogens (tertiary/aromatic N) is 5. The molecule has 4 aromatic rings. The highest BCUT2D eigenvalue weighted by Crippen LogP contribution is 2.39. The fourth-order valence-electron chi connectivity index (χ4n) is 8.04. The van der Waals surface area contributed by atoms with E-state index in [1.54, 1.807) is 0 Å². The second kappa shape index (κ2) is 15.0. The number of benzene rings is 2. The zero-order valence-electron chi connectivity index (χ0n) is 31.4. The third kappa shape index (κ3) is 7.24. The molecule has 0 saturated carbocycles. The Labute approximate surface area is 311 Å². The van der Waals surface area contributed by atoms with Crippen molar-refractivity contribution in [1.82, 2.24) is 40.0 Å². The summed E-state index contributed by atoms with van der Waals surface area (Å²) in [6.07, 6.45) is 6.50. The van der Waals surface area contributed by atoms with E-state index in [-0.39, 0.29) is 29.8 Å². The maximum Gasteiger partial charge on any atom is 0.407 e. The summed E-state index contributed by atoms with van der Waals surface area (Å²) in [5.41, 5.74) is 9.62. The number of methoxy groups -OCH3 is 1. The van der Waals surface area contributed by atoms with E-state index in [2.05, 4.69) is 69.3 Å². The van der Waals surface area contributed by atoms with Gasteiger partial charge in [0.15, 0.2) is 0 Å². The molecule has 12 nitrogen and oxygen atoms in total. The van der Waals surface area contributed by atoms with E-state index in [9.17, 15) is 14.4 Å². The molecule has 3 N–H and O–H groups in total. The molecule has 278 valence electrons. The summed E-state index contributed by atoms with van der Waals surface area (Å²) in [4.78, 5) is 61.2. The monoisotopic (exact) mass is 718 g/mol. The lowest BCUT2D eigenvalue weighted by atomic mass is 9.95. The summed E-state index contributed by atoms with van der Waals surface area (Å²) in [5.74, 6) is 1.42. The number of aromatic amines is 2. The third-order valence-electron chi connectivity index (χ3n) is 10.8. The molecule has 2 fully saturated rings. The van der Waals surface area contributed by atoms with Crippen molar-refractivity contribution in [3.63, 3.8) is 0 Å². The molecule has 2 saturated heterocycles. The number of alkyl carbamates (subject to hydrolysis) is 1. The Morgan fingerprint density at radius 3 is 2.45 bits per heavy atom. The number of amides is 3. The molecule has 4 heterocycles. The minimum atomic E-state index is -0.672. The van der Waals surface area contributed by atoms with Crippen molar-refractivity contribution in [2.45, 2.75) is 70.5 Å². The van der Waals surface area contributed by atoms with E-state index >= 15 is 0 Å². The zero-order chi connectivity index (χ0) is 37.4. The van der Waals surface area contributed by atoms with Gasteiger partial charge in [-0.25, -0.2) is 14.8 Å². The van der Waals surface area contributed by atoms with Gasteiger partial charge in [-0.2, -0.15) is 0 Å². The average Bonchev–Trinajstić information content (AvgIpc) is 3.95. The van der Waals surface area contributed by atoms with Gasteiger partial charge >= 0.3 is 6.09 Å². The van der Waals surface area contributed by atoms with Gasteiger partial charge in [0.25, 0.3) is 0 Å². The lowest BCUT2D eigenvalue weighted by Gasteiger charge is -2.30. The second-order valence-electron chi connectivity index (χ2n) is 15.1. The normalized spacial score (nSPS) is 19.0. The molecule has 1 aliphatic carbocycles. The van der Waals surface area contributed by atoms with Crippen LogP contribution in [0.3, 0.4) is 0 Å². The fraction of sp³-hybridized carbons (Fsp3) is 0.439. The first-order valence-corrected chi connectivity index (χ1v) is 18.7. The van der Waals surface area contributed by atoms with E-state index in [1.807, 2.05) is 48.8 Å². The maximum absolute atomic E-state index is 13.7. The summed E-state index contributed by atoms with van der Waals surface area (Å²) < 4.78 is 4.80. The summed E-state index contributed by atoms with van der Waals surface area (Å²) in [7, 11) is 5.11. The predicted octanol–water partition coefficient (Wildman–Crippen LogP) is 6.06. The molecule has 0 spiro atoms. The number of carbonyl (C=O) groups is 3. The zero-order valence-corrected chi connectivity index (χ0v) is 31.4. The van der Waals surface area contributed by atoms with E-state index < -0.39 is 12.1 Å². The number of likely N-dealkylation sites (tertiary alicyclic amines) is 2. The highest BCUT2D eigenvalue weighted by Gasteiger charge is 2.38. The number of rotatable bonds is 9. The third-order valence-corrected chi connectivity index (χ3v) is 10.8. The van der Waals surface area contributed by atoms with Gasteiger partial charge in [0.1, 0.15) is 23.7 Å². The van der Waals surface area contributed by atoms with Crippen LogP contribution in [0.25, 0.3) is 33.6 Å². The number of carbonyl (C=O) groups excluding carboxylic acids is 3. The standard InChI is InChI=1S/C41H50N8O4/c1-24(2)35(46-41(52)53-6)40(51)48-19-8-11-33(48)38-43-31-10-7-9-29-21-28(16-17-30(29)36(31)45-38)26-12-14-27(15-13-26)32-22-42-39(44-32)37-25(3)18-20-49(37)34(50)23-47(4)5/h12-17,21-22,24,33,35,37H,3,7-11,18-20,23H2,1-2,4-6H3,(H,42,44)(H,43,45)(H,46,52)/t33-,35-,37-/m0/s1. The summed E-state index contributed by atoms with van der Waals surface area (Å²) in [6, 6.07) is 14.0. The summed E-state index contributed by atoms with van der Waals surface area (Å²) >= 11 is 0. The number of H-pyrrole nitrogens is 2. The average molecular weight is 719 g/mol. The van der Waals surface area contributed by atoms with Gasteiger partial charge in [0.05, 0.1) is 37.3 Å². The van der Waals surface area contributed by atoms with Crippen LogP contribution in [0.1, 0.15) is 74.5 Å². The molecule has 0 radical (unpaired) electrons. The molecule has 3 amide bonds. The minimum absolute atomic E-state index is 0.0734. The Morgan fingerprint density at radius 1 is 0.962 bits per heavy atom. The first-order chi connectivity index (χ1) is 25.5. The number of hydrogen-bond acceptors (Lipinski definition) is 7. The number of likely N-dealkylation sites (N-methyl/N-ethyl adjacent to an activating group) is 1. The van der Waals surface area contributed by atoms with E-state index in [0.717, 1.165) is 95.1 Å². The molecular formula is C41H50N8O4. The summed E-state index contributed by atoms with van der Waals surface area (Å²) in [6.45, 7) is 9.72. The number of nitrogens with one attached hydrogen (secondary N) is 3. The molecule has 2 aromatic heterocycles. The number of ether oxygens (including phenoxy) is 1. The Kier molecular flexibility index (Phi) is 10.2. The van der Waals surface area contributed by atoms with Crippen molar-refractivity contribution in [3.05, 3.63) is 83.7 Å². The number of fused-ring (bicyclic) bond motifs is 3. The number of imidazole rings is 2. The Bertz CT molecular complexity index is 2010. The molecule has 12 heteroatoms. The van der Waals surface area contributed by atoms with E-state index in [0.29, 0.717) is 19.6 Å². The van der Waals surface area contributed by atoms with Crippen LogP contribution in [0.15, 0.2) is 60.8 Å². The number of aromatic nitrogens is 4. The van der Waals surface area contributed by atoms with Crippen LogP contribution in [0.4, 0.5) is 4.79 Å². The first-order valence-electron chi connectivity index (χ1n) is 18.7. The molecule has 53 heavy (non-hydrogen) atoms. The van der Waals surface area contributed by atoms with Crippen LogP contribution >= 0.6 is 0 Å². The molecule has 0 unspecified atom stereocenters. The van der Waals surface area contributed by atoms with Gasteiger partial charge in [0, 0.05) is 24.3 Å². The molecule has 3 aliphatic rings. The lowest BCUT2D eigenvalue weighted by molar-refractivity contribution is -0.135. The van der Waals surface area contributed by atoms with Crippen molar-refractivity contribution in [3.8, 4) is 33.6 Å². The molecular weight excluding hydrogens is 669 g/mol. The number of aryl methyl sites for hydroxylation is 2. The van der Waals surface area contributed by atoms with Crippen LogP contribution < -0.4 is 5.32 Å². The van der Waals surface area contributed by atoms with Crippen LogP contribution in [0, 0.1) is 5.92 Å². The van der Waals surface area contributed by atoms with Crippen molar-refractivity contribution in [2.75, 3.05) is 40.8 Å². The Morgan fingerprint density at radius 2 is 1.72 bits per heavy atom. The Balaban J connectivity index is 1.09. The van der Waals surface area contributed by atoms with Gasteiger partial charge in [-0.05, 0) is 86.4 Å². The fourth-order valence-corrected chi connectivity index (χ4v) is 8.04. The second-order valence-corrected chi connectivity index (χ2v) is 15.1. The smallest absolute Gasteiger partial charge is 0.407 e. The van der Waals surface area contributed by atoms with E-state index in [4.69, 9.17) is 9.72 Å². The van der Waals surface area contributed by atoms with Crippen molar-refractivity contribution < 1.29 is 19.1 Å². The maximum atomic E-state index is 13.7. The van der Waals surface area contributed by atoms with Crippen LogP contribution in [-0.2, 0) is 27.2 Å². The summed E-state index contributed by atoms with van der Waals surface area (Å²) in [5, 5.41) is 2.73. The van der Waals surface area contributed by atoms with Crippen LogP contribution in [0.2, 0.25) is 0 Å². The topological polar surface area (TPSA) is 140 Å². The molecule has 7 rings (SSSR count). The largest absolute Gasteiger partial charge is 0.453 e. The van der Waals surface area contributed by atoms with Crippen LogP contribution in [-0.4, -0.2) is 99.4 Å². The first kappa shape index (κ1) is 36.1. The van der Waals surface area contributed by atoms with Gasteiger partial charge in [-0.1, -0.05) is 62.9 Å². The highest BCUT2D eigenvalue weighted by atomic mass is 16.5. The molecule has 2 aromatic carbocycles. The van der Waals surface area contributed by atoms with Crippen molar-refractivity contribution in [2.24, 2.45) is 5.92 Å². The molecule has 2 aliphatic heterocycles. The van der Waals surface area contributed by atoms with Gasteiger partial charge in [0.2, 0.25) is 11.8 Å². The van der Waals surface area contributed by atoms with Crippen LogP contribution in [0.5, 0.6) is 0 Å². The van der Waals surface area contributed by atoms with Gasteiger partial charge in [-0.15, -0.1) is 0 Å². The number of hydrogen-bond donors (Lipinski definition) is 3. The highest BCUT2D eigenvalue weighted by molar-refractivity contribution is 5.86. The quantitative estimate of drug-likeness (QED) is 0.179. The van der Waals surface area contributed by atoms with E-state index in [1.165, 1.54) is 12.7 Å². The lowest BCUT2D eigenvalue weighted by Crippen LogP contribution is -2.51. The van der Waals surface area contributed by atoms with Gasteiger partial charge in [-0.3, -0.25) is 9.59 Å². The predicted molar refractivity (Wildman–Crippen MR) is 204 cm³/mol.